The molecule has 1 aromatic carbocycles. The van der Waals surface area contributed by atoms with Crippen LogP contribution in [0.2, 0.25) is 0 Å². The highest BCUT2D eigenvalue weighted by Crippen LogP contribution is 2.13. The van der Waals surface area contributed by atoms with Crippen molar-refractivity contribution in [2.75, 3.05) is 0 Å². The molecule has 0 fully saturated rings. The van der Waals surface area contributed by atoms with Gasteiger partial charge in [-0.2, -0.15) is 0 Å². The Morgan fingerprint density at radius 2 is 2.00 bits per heavy atom. The number of rotatable bonds is 3. The molecule has 0 atom stereocenters. The number of nitrogens with zero attached hydrogens (tertiary/aromatic N) is 2. The van der Waals surface area contributed by atoms with Gasteiger partial charge >= 0.3 is 0 Å². The molecule has 1 heterocycles. The summed E-state index contributed by atoms with van der Waals surface area (Å²) in [4.78, 5) is 4.27. The van der Waals surface area contributed by atoms with Crippen LogP contribution in [0, 0.1) is 6.92 Å². The average molecular weight is 280 g/mol. The fourth-order valence-corrected chi connectivity index (χ4v) is 1.93. The van der Waals surface area contributed by atoms with Crippen LogP contribution in [0.15, 0.2) is 34.9 Å². The van der Waals surface area contributed by atoms with Gasteiger partial charge in [-0.1, -0.05) is 28.1 Å². The number of benzene rings is 1. The van der Waals surface area contributed by atoms with Gasteiger partial charge in [0.1, 0.15) is 5.82 Å². The lowest BCUT2D eigenvalue weighted by atomic mass is 10.2. The lowest BCUT2D eigenvalue weighted by Crippen LogP contribution is -2.09. The van der Waals surface area contributed by atoms with E-state index in [1.54, 1.807) is 0 Å². The molecule has 2 rings (SSSR count). The summed E-state index contributed by atoms with van der Waals surface area (Å²) in [6.45, 7) is 3.35. The second kappa shape index (κ2) is 4.80. The van der Waals surface area contributed by atoms with Gasteiger partial charge in [-0.3, -0.25) is 0 Å². The lowest BCUT2D eigenvalue weighted by Gasteiger charge is -2.09. The number of hydrogen-bond acceptors (Lipinski definition) is 2. The van der Waals surface area contributed by atoms with E-state index in [0.29, 0.717) is 6.54 Å². The molecule has 0 aliphatic heterocycles. The normalized spacial score (nSPS) is 10.7. The monoisotopic (exact) mass is 279 g/mol. The summed E-state index contributed by atoms with van der Waals surface area (Å²) < 4.78 is 3.24. The van der Waals surface area contributed by atoms with E-state index in [2.05, 4.69) is 37.6 Å². The van der Waals surface area contributed by atoms with Crippen molar-refractivity contribution in [2.24, 2.45) is 5.73 Å². The second-order valence-electron chi connectivity index (χ2n) is 3.71. The van der Waals surface area contributed by atoms with E-state index >= 15 is 0 Å². The highest BCUT2D eigenvalue weighted by molar-refractivity contribution is 9.10. The Morgan fingerprint density at radius 1 is 1.31 bits per heavy atom. The molecule has 0 aliphatic rings. The predicted molar refractivity (Wildman–Crippen MR) is 68.1 cm³/mol. The maximum atomic E-state index is 5.67. The van der Waals surface area contributed by atoms with E-state index in [4.69, 9.17) is 5.73 Å². The summed E-state index contributed by atoms with van der Waals surface area (Å²) in [5.41, 5.74) is 7.99. The Balaban J connectivity index is 2.26. The first-order valence-corrected chi connectivity index (χ1v) is 5.95. The maximum Gasteiger partial charge on any atom is 0.106 e. The highest BCUT2D eigenvalue weighted by Gasteiger charge is 2.05. The molecule has 0 amide bonds. The summed E-state index contributed by atoms with van der Waals surface area (Å²) in [6.07, 6.45) is 1.84. The number of halogens is 1. The third-order valence-corrected chi connectivity index (χ3v) is 3.13. The second-order valence-corrected chi connectivity index (χ2v) is 4.63. The van der Waals surface area contributed by atoms with Gasteiger partial charge in [0.2, 0.25) is 0 Å². The van der Waals surface area contributed by atoms with E-state index in [1.165, 1.54) is 5.56 Å². The maximum absolute atomic E-state index is 5.67. The van der Waals surface area contributed by atoms with Crippen molar-refractivity contribution in [1.29, 1.82) is 0 Å². The Labute approximate surface area is 103 Å². The number of nitrogens with two attached hydrogens (primary N) is 1. The predicted octanol–water partition coefficient (Wildman–Crippen LogP) is 2.46. The zero-order valence-corrected chi connectivity index (χ0v) is 10.7. The van der Waals surface area contributed by atoms with E-state index < -0.39 is 0 Å². The third-order valence-electron chi connectivity index (χ3n) is 2.60. The first kappa shape index (κ1) is 11.4. The standard InChI is InChI=1S/C12H14BrN3/c1-9-15-7-12(6-14)16(9)8-10-2-4-11(13)5-3-10/h2-5,7H,6,8,14H2,1H3. The topological polar surface area (TPSA) is 43.8 Å². The van der Waals surface area contributed by atoms with Crippen molar-refractivity contribution >= 4 is 15.9 Å². The molecule has 0 aliphatic carbocycles. The molecule has 16 heavy (non-hydrogen) atoms. The number of imidazole rings is 1. The van der Waals surface area contributed by atoms with Crippen molar-refractivity contribution in [2.45, 2.75) is 20.0 Å². The fourth-order valence-electron chi connectivity index (χ4n) is 1.67. The molecule has 0 radical (unpaired) electrons. The Hall–Kier alpha value is -1.13. The van der Waals surface area contributed by atoms with Gasteiger partial charge in [-0.25, -0.2) is 4.98 Å². The van der Waals surface area contributed by atoms with Gasteiger partial charge in [0, 0.05) is 23.8 Å². The van der Waals surface area contributed by atoms with E-state index in [1.807, 2.05) is 25.3 Å². The number of aryl methyl sites for hydroxylation is 1. The first-order valence-electron chi connectivity index (χ1n) is 5.16. The van der Waals surface area contributed by atoms with Crippen LogP contribution >= 0.6 is 15.9 Å². The molecule has 4 heteroatoms. The van der Waals surface area contributed by atoms with Gasteiger partial charge in [0.15, 0.2) is 0 Å². The van der Waals surface area contributed by atoms with Gasteiger partial charge in [-0.15, -0.1) is 0 Å². The van der Waals surface area contributed by atoms with Crippen molar-refractivity contribution in [3.63, 3.8) is 0 Å². The van der Waals surface area contributed by atoms with Crippen LogP contribution in [0.25, 0.3) is 0 Å². The molecular formula is C12H14BrN3. The van der Waals surface area contributed by atoms with Gasteiger partial charge in [-0.05, 0) is 24.6 Å². The largest absolute Gasteiger partial charge is 0.327 e. The van der Waals surface area contributed by atoms with Gasteiger partial charge in [0.25, 0.3) is 0 Å². The third kappa shape index (κ3) is 2.33. The zero-order valence-electron chi connectivity index (χ0n) is 9.15. The minimum Gasteiger partial charge on any atom is -0.327 e. The zero-order chi connectivity index (χ0) is 11.5. The fraction of sp³-hybridized carbons (Fsp3) is 0.250. The molecule has 2 aromatic rings. The number of hydrogen-bond donors (Lipinski definition) is 1. The van der Waals surface area contributed by atoms with Crippen molar-refractivity contribution < 1.29 is 0 Å². The van der Waals surface area contributed by atoms with E-state index in [-0.39, 0.29) is 0 Å². The van der Waals surface area contributed by atoms with Crippen LogP contribution in [0.4, 0.5) is 0 Å². The smallest absolute Gasteiger partial charge is 0.106 e. The Bertz CT molecular complexity index is 474. The average Bonchev–Trinajstić information content (AvgIpc) is 2.63. The molecule has 1 aromatic heterocycles. The van der Waals surface area contributed by atoms with Gasteiger partial charge in [0.05, 0.1) is 5.69 Å². The molecule has 0 bridgehead atoms. The van der Waals surface area contributed by atoms with E-state index in [0.717, 1.165) is 22.5 Å². The van der Waals surface area contributed by atoms with E-state index in [9.17, 15) is 0 Å². The molecule has 0 unspecified atom stereocenters. The molecular weight excluding hydrogens is 266 g/mol. The van der Waals surface area contributed by atoms with Crippen molar-refractivity contribution in [3.05, 3.63) is 52.0 Å². The molecule has 84 valence electrons. The van der Waals surface area contributed by atoms with Crippen LogP contribution < -0.4 is 5.73 Å². The van der Waals surface area contributed by atoms with Crippen LogP contribution in [0.3, 0.4) is 0 Å². The Morgan fingerprint density at radius 3 is 2.62 bits per heavy atom. The molecule has 0 spiro atoms. The van der Waals surface area contributed by atoms with Crippen LogP contribution in [-0.2, 0) is 13.1 Å². The number of aromatic nitrogens is 2. The summed E-state index contributed by atoms with van der Waals surface area (Å²) in [6, 6.07) is 8.29. The van der Waals surface area contributed by atoms with Gasteiger partial charge < -0.3 is 10.3 Å². The molecule has 0 saturated carbocycles. The summed E-state index contributed by atoms with van der Waals surface area (Å²) in [5.74, 6) is 1.00. The summed E-state index contributed by atoms with van der Waals surface area (Å²) in [7, 11) is 0. The van der Waals surface area contributed by atoms with Crippen LogP contribution in [-0.4, -0.2) is 9.55 Å². The SMILES string of the molecule is Cc1ncc(CN)n1Cc1ccc(Br)cc1. The van der Waals surface area contributed by atoms with Crippen molar-refractivity contribution in [1.82, 2.24) is 9.55 Å². The minimum atomic E-state index is 0.525. The molecule has 3 nitrogen and oxygen atoms in total. The minimum absolute atomic E-state index is 0.525. The first-order chi connectivity index (χ1) is 7.70. The highest BCUT2D eigenvalue weighted by atomic mass is 79.9. The molecule has 0 saturated heterocycles. The van der Waals surface area contributed by atoms with Crippen LogP contribution in [0.1, 0.15) is 17.1 Å². The summed E-state index contributed by atoms with van der Waals surface area (Å²) in [5, 5.41) is 0. The lowest BCUT2D eigenvalue weighted by molar-refractivity contribution is 0.713. The Kier molecular flexibility index (Phi) is 3.41. The summed E-state index contributed by atoms with van der Waals surface area (Å²) >= 11 is 3.43. The van der Waals surface area contributed by atoms with Crippen LogP contribution in [0.5, 0.6) is 0 Å². The molecule has 2 N–H and O–H groups in total. The van der Waals surface area contributed by atoms with Crippen molar-refractivity contribution in [3.8, 4) is 0 Å². The quantitative estimate of drug-likeness (QED) is 0.938.